The van der Waals surface area contributed by atoms with Crippen LogP contribution in [-0.2, 0) is 4.84 Å². The van der Waals surface area contributed by atoms with Crippen molar-refractivity contribution in [3.05, 3.63) is 63.1 Å². The van der Waals surface area contributed by atoms with Crippen molar-refractivity contribution in [3.63, 3.8) is 0 Å². The van der Waals surface area contributed by atoms with E-state index in [1.54, 1.807) is 6.34 Å². The van der Waals surface area contributed by atoms with Crippen LogP contribution in [0.4, 0.5) is 5.69 Å². The number of aryl methyl sites for hydroxylation is 1. The van der Waals surface area contributed by atoms with Crippen molar-refractivity contribution in [2.45, 2.75) is 26.4 Å². The van der Waals surface area contributed by atoms with Gasteiger partial charge in [-0.15, -0.1) is 0 Å². The predicted molar refractivity (Wildman–Crippen MR) is 109 cm³/mol. The summed E-state index contributed by atoms with van der Waals surface area (Å²) in [5.41, 5.74) is 4.72. The fourth-order valence-corrected chi connectivity index (χ4v) is 3.16. The van der Waals surface area contributed by atoms with Gasteiger partial charge in [-0.3, -0.25) is 0 Å². The van der Waals surface area contributed by atoms with Crippen LogP contribution in [0, 0.1) is 6.92 Å². The van der Waals surface area contributed by atoms with Crippen LogP contribution in [0.5, 0.6) is 0 Å². The topological polar surface area (TPSA) is 37.2 Å². The van der Waals surface area contributed by atoms with Gasteiger partial charge in [0.05, 0.1) is 22.8 Å². The molecule has 1 unspecified atom stereocenters. The Labute approximate surface area is 164 Å². The van der Waals surface area contributed by atoms with Crippen molar-refractivity contribution in [1.29, 1.82) is 0 Å². The highest BCUT2D eigenvalue weighted by molar-refractivity contribution is 6.33. The molecular formula is C20H21Cl2N3O. The van der Waals surface area contributed by atoms with Gasteiger partial charge in [-0.1, -0.05) is 40.5 Å². The molecule has 4 nitrogen and oxygen atoms in total. The molecule has 0 N–H and O–H groups in total. The van der Waals surface area contributed by atoms with Crippen LogP contribution >= 0.6 is 23.2 Å². The molecule has 0 saturated carbocycles. The zero-order valence-electron chi connectivity index (χ0n) is 15.0. The lowest BCUT2D eigenvalue weighted by Crippen LogP contribution is -2.14. The molecule has 1 aliphatic heterocycles. The van der Waals surface area contributed by atoms with Crippen LogP contribution < -0.4 is 0 Å². The highest BCUT2D eigenvalue weighted by Gasteiger charge is 2.26. The van der Waals surface area contributed by atoms with Gasteiger partial charge in [0.15, 0.2) is 6.10 Å². The lowest BCUT2D eigenvalue weighted by Gasteiger charge is -2.14. The van der Waals surface area contributed by atoms with E-state index < -0.39 is 0 Å². The molecule has 0 bridgehead atoms. The standard InChI is InChI=1S/C20H21Cl2N3O/c1-4-25(3)12-23-19-8-13(2)16(10-17(19)22)20-11-18(24-26-20)14-6-5-7-15(21)9-14/h5-10,12,20H,4,11H2,1-3H3/b23-12-. The SMILES string of the molecule is CCN(C)/C=N\c1cc(C)c(C2CC(c3cccc(Cl)c3)=NO2)cc1Cl. The monoisotopic (exact) mass is 389 g/mol. The van der Waals surface area contributed by atoms with E-state index in [4.69, 9.17) is 28.0 Å². The number of halogens is 2. The number of aliphatic imine (C=N–C) groups is 1. The highest BCUT2D eigenvalue weighted by atomic mass is 35.5. The van der Waals surface area contributed by atoms with Gasteiger partial charge in [-0.2, -0.15) is 0 Å². The van der Waals surface area contributed by atoms with Gasteiger partial charge in [-0.25, -0.2) is 4.99 Å². The van der Waals surface area contributed by atoms with Crippen molar-refractivity contribution in [2.75, 3.05) is 13.6 Å². The molecule has 136 valence electrons. The van der Waals surface area contributed by atoms with Gasteiger partial charge in [0, 0.05) is 30.6 Å². The van der Waals surface area contributed by atoms with E-state index in [0.29, 0.717) is 16.5 Å². The molecule has 0 radical (unpaired) electrons. The Kier molecular flexibility index (Phi) is 5.84. The summed E-state index contributed by atoms with van der Waals surface area (Å²) in [6, 6.07) is 11.6. The van der Waals surface area contributed by atoms with Crippen LogP contribution in [0.3, 0.4) is 0 Å². The fourth-order valence-electron chi connectivity index (χ4n) is 2.75. The number of hydrogen-bond acceptors (Lipinski definition) is 3. The van der Waals surface area contributed by atoms with Gasteiger partial charge in [0.1, 0.15) is 0 Å². The average Bonchev–Trinajstić information content (AvgIpc) is 3.11. The van der Waals surface area contributed by atoms with E-state index in [1.807, 2.05) is 55.3 Å². The molecule has 0 aromatic heterocycles. The second-order valence-corrected chi connectivity index (χ2v) is 7.17. The summed E-state index contributed by atoms with van der Waals surface area (Å²) in [7, 11) is 1.97. The van der Waals surface area contributed by atoms with Crippen molar-refractivity contribution in [2.24, 2.45) is 10.1 Å². The Balaban J connectivity index is 1.79. The zero-order chi connectivity index (χ0) is 18.7. The van der Waals surface area contributed by atoms with E-state index >= 15 is 0 Å². The molecule has 26 heavy (non-hydrogen) atoms. The van der Waals surface area contributed by atoms with Crippen molar-refractivity contribution >= 4 is 40.9 Å². The molecular weight excluding hydrogens is 369 g/mol. The van der Waals surface area contributed by atoms with Gasteiger partial charge >= 0.3 is 0 Å². The highest BCUT2D eigenvalue weighted by Crippen LogP contribution is 2.36. The lowest BCUT2D eigenvalue weighted by molar-refractivity contribution is 0.0853. The Morgan fingerprint density at radius 1 is 1.31 bits per heavy atom. The zero-order valence-corrected chi connectivity index (χ0v) is 16.6. The van der Waals surface area contributed by atoms with Crippen molar-refractivity contribution < 1.29 is 4.84 Å². The molecule has 6 heteroatoms. The van der Waals surface area contributed by atoms with Crippen LogP contribution in [0.2, 0.25) is 10.0 Å². The molecule has 0 saturated heterocycles. The molecule has 2 aromatic rings. The second kappa shape index (κ2) is 8.11. The molecule has 1 aliphatic rings. The average molecular weight is 390 g/mol. The molecule has 0 amide bonds. The Hall–Kier alpha value is -2.04. The smallest absolute Gasteiger partial charge is 0.158 e. The predicted octanol–water partition coefficient (Wildman–Crippen LogP) is 5.78. The van der Waals surface area contributed by atoms with Gasteiger partial charge in [0.2, 0.25) is 0 Å². The summed E-state index contributed by atoms with van der Waals surface area (Å²) in [6.45, 7) is 4.99. The summed E-state index contributed by atoms with van der Waals surface area (Å²) in [5, 5.41) is 5.54. The number of nitrogens with zero attached hydrogens (tertiary/aromatic N) is 3. The molecule has 0 aliphatic carbocycles. The lowest BCUT2D eigenvalue weighted by atomic mass is 9.97. The number of hydrogen-bond donors (Lipinski definition) is 0. The van der Waals surface area contributed by atoms with Crippen LogP contribution in [0.25, 0.3) is 0 Å². The van der Waals surface area contributed by atoms with E-state index in [9.17, 15) is 0 Å². The second-order valence-electron chi connectivity index (χ2n) is 6.32. The van der Waals surface area contributed by atoms with E-state index in [-0.39, 0.29) is 6.10 Å². The van der Waals surface area contributed by atoms with Crippen molar-refractivity contribution in [1.82, 2.24) is 4.90 Å². The van der Waals surface area contributed by atoms with Crippen LogP contribution in [0.15, 0.2) is 46.5 Å². The third kappa shape index (κ3) is 4.19. The number of oxime groups is 1. The van der Waals surface area contributed by atoms with E-state index in [0.717, 1.165) is 34.6 Å². The van der Waals surface area contributed by atoms with Gasteiger partial charge in [0.25, 0.3) is 0 Å². The third-order valence-corrected chi connectivity index (χ3v) is 4.94. The molecule has 1 atom stereocenters. The first kappa shape index (κ1) is 18.7. The van der Waals surface area contributed by atoms with Gasteiger partial charge < -0.3 is 9.74 Å². The maximum Gasteiger partial charge on any atom is 0.158 e. The Morgan fingerprint density at radius 3 is 2.85 bits per heavy atom. The quantitative estimate of drug-likeness (QED) is 0.479. The minimum absolute atomic E-state index is 0.155. The molecule has 3 rings (SSSR count). The molecule has 0 spiro atoms. The summed E-state index contributed by atoms with van der Waals surface area (Å²) < 4.78 is 0. The fraction of sp³-hybridized carbons (Fsp3) is 0.300. The largest absolute Gasteiger partial charge is 0.387 e. The number of benzene rings is 2. The maximum atomic E-state index is 6.44. The summed E-state index contributed by atoms with van der Waals surface area (Å²) >= 11 is 12.5. The molecule has 1 heterocycles. The van der Waals surface area contributed by atoms with E-state index in [2.05, 4.69) is 17.1 Å². The van der Waals surface area contributed by atoms with Gasteiger partial charge in [-0.05, 0) is 49.2 Å². The van der Waals surface area contributed by atoms with Crippen LogP contribution in [0.1, 0.15) is 36.1 Å². The molecule has 2 aromatic carbocycles. The third-order valence-electron chi connectivity index (χ3n) is 4.40. The normalized spacial score (nSPS) is 16.7. The summed E-state index contributed by atoms with van der Waals surface area (Å²) in [6.07, 6.45) is 2.31. The molecule has 0 fully saturated rings. The Bertz CT molecular complexity index is 864. The first-order valence-corrected chi connectivity index (χ1v) is 9.26. The van der Waals surface area contributed by atoms with Crippen LogP contribution in [-0.4, -0.2) is 30.5 Å². The first-order valence-electron chi connectivity index (χ1n) is 8.51. The minimum Gasteiger partial charge on any atom is -0.387 e. The number of rotatable bonds is 5. The maximum absolute atomic E-state index is 6.44. The van der Waals surface area contributed by atoms with E-state index in [1.165, 1.54) is 0 Å². The van der Waals surface area contributed by atoms with Crippen molar-refractivity contribution in [3.8, 4) is 0 Å². The summed E-state index contributed by atoms with van der Waals surface area (Å²) in [5.74, 6) is 0. The first-order chi connectivity index (χ1) is 12.5. The Morgan fingerprint density at radius 2 is 2.12 bits per heavy atom. The minimum atomic E-state index is -0.155. The summed E-state index contributed by atoms with van der Waals surface area (Å²) in [4.78, 5) is 12.1.